The van der Waals surface area contributed by atoms with Gasteiger partial charge in [-0.25, -0.2) is 4.79 Å². The highest BCUT2D eigenvalue weighted by Gasteiger charge is 2.23. The van der Waals surface area contributed by atoms with E-state index in [1.807, 2.05) is 41.8 Å². The lowest BCUT2D eigenvalue weighted by molar-refractivity contribution is 0.0514. The summed E-state index contributed by atoms with van der Waals surface area (Å²) < 4.78 is 0. The Morgan fingerprint density at radius 2 is 1.63 bits per heavy atom. The molecule has 1 saturated carbocycles. The van der Waals surface area contributed by atoms with Gasteiger partial charge in [0.1, 0.15) is 5.71 Å². The van der Waals surface area contributed by atoms with E-state index in [1.165, 1.54) is 12.8 Å². The van der Waals surface area contributed by atoms with E-state index in [4.69, 9.17) is 4.84 Å². The number of benzene rings is 2. The molecule has 4 rings (SSSR count). The van der Waals surface area contributed by atoms with E-state index < -0.39 is 5.97 Å². The molecule has 1 fully saturated rings. The molecule has 0 radical (unpaired) electrons. The smallest absolute Gasteiger partial charge is 0.312 e. The zero-order chi connectivity index (χ0) is 20.8. The molecule has 4 nitrogen and oxygen atoms in total. The van der Waals surface area contributed by atoms with Gasteiger partial charge in [-0.3, -0.25) is 4.79 Å². The van der Waals surface area contributed by atoms with Crippen LogP contribution in [0.2, 0.25) is 0 Å². The Balaban J connectivity index is 1.53. The van der Waals surface area contributed by atoms with Gasteiger partial charge in [0, 0.05) is 10.4 Å². The van der Waals surface area contributed by atoms with E-state index in [9.17, 15) is 9.59 Å². The summed E-state index contributed by atoms with van der Waals surface area (Å²) in [5.74, 6) is -0.325. The van der Waals surface area contributed by atoms with Crippen molar-refractivity contribution >= 4 is 28.8 Å². The van der Waals surface area contributed by atoms with Crippen molar-refractivity contribution in [3.8, 4) is 10.4 Å². The fourth-order valence-electron chi connectivity index (χ4n) is 3.78. The average Bonchev–Trinajstić information content (AvgIpc) is 3.51. The highest BCUT2D eigenvalue weighted by molar-refractivity contribution is 7.13. The van der Waals surface area contributed by atoms with Crippen molar-refractivity contribution in [2.24, 2.45) is 11.1 Å². The third-order valence-electron chi connectivity index (χ3n) is 5.42. The van der Waals surface area contributed by atoms with Crippen molar-refractivity contribution in [2.75, 3.05) is 0 Å². The molecule has 0 atom stereocenters. The van der Waals surface area contributed by atoms with Crippen LogP contribution in [0.1, 0.15) is 52.8 Å². The molecule has 3 aromatic rings. The zero-order valence-electron chi connectivity index (χ0n) is 16.6. The van der Waals surface area contributed by atoms with Gasteiger partial charge < -0.3 is 4.84 Å². The Morgan fingerprint density at radius 3 is 2.30 bits per heavy atom. The summed E-state index contributed by atoms with van der Waals surface area (Å²) in [7, 11) is 0. The fourth-order valence-corrected chi connectivity index (χ4v) is 4.51. The second-order valence-electron chi connectivity index (χ2n) is 7.52. The van der Waals surface area contributed by atoms with Crippen LogP contribution in [0, 0.1) is 5.92 Å². The Hall–Kier alpha value is -3.05. The summed E-state index contributed by atoms with van der Waals surface area (Å²) in [4.78, 5) is 31.8. The Morgan fingerprint density at radius 1 is 0.900 bits per heavy atom. The zero-order valence-corrected chi connectivity index (χ0v) is 17.4. The first kappa shape index (κ1) is 20.2. The minimum atomic E-state index is -0.555. The molecular formula is C25H23NO3S. The van der Waals surface area contributed by atoms with Crippen molar-refractivity contribution in [1.29, 1.82) is 0 Å². The second kappa shape index (κ2) is 9.63. The molecule has 30 heavy (non-hydrogen) atoms. The van der Waals surface area contributed by atoms with Gasteiger partial charge in [0.25, 0.3) is 0 Å². The van der Waals surface area contributed by atoms with Gasteiger partial charge in [-0.2, -0.15) is 0 Å². The van der Waals surface area contributed by atoms with Crippen molar-refractivity contribution in [2.45, 2.75) is 32.1 Å². The van der Waals surface area contributed by atoms with Crippen molar-refractivity contribution in [3.63, 3.8) is 0 Å². The summed E-state index contributed by atoms with van der Waals surface area (Å²) in [6, 6.07) is 20.3. The molecule has 0 N–H and O–H groups in total. The van der Waals surface area contributed by atoms with Crippen molar-refractivity contribution in [3.05, 3.63) is 83.2 Å². The number of ketones is 1. The van der Waals surface area contributed by atoms with E-state index in [2.05, 4.69) is 11.2 Å². The Bertz CT molecular complexity index is 1020. The molecule has 1 aromatic heterocycles. The minimum absolute atomic E-state index is 0.180. The van der Waals surface area contributed by atoms with E-state index in [-0.39, 0.29) is 5.78 Å². The van der Waals surface area contributed by atoms with Gasteiger partial charge in [-0.15, -0.1) is 11.3 Å². The van der Waals surface area contributed by atoms with Gasteiger partial charge in [0.15, 0.2) is 0 Å². The molecule has 0 aliphatic heterocycles. The lowest BCUT2D eigenvalue weighted by Gasteiger charge is -2.11. The predicted octanol–water partition coefficient (Wildman–Crippen LogP) is 6.39. The van der Waals surface area contributed by atoms with Crippen LogP contribution in [-0.4, -0.2) is 17.5 Å². The Kier molecular flexibility index (Phi) is 6.50. The normalized spacial score (nSPS) is 14.6. The number of nitrogens with zero attached hydrogens (tertiary/aromatic N) is 1. The topological polar surface area (TPSA) is 55.7 Å². The first-order valence-electron chi connectivity index (χ1n) is 10.2. The number of hydrogen-bond donors (Lipinski definition) is 0. The average molecular weight is 418 g/mol. The van der Waals surface area contributed by atoms with E-state index in [1.54, 1.807) is 35.6 Å². The van der Waals surface area contributed by atoms with E-state index in [0.29, 0.717) is 29.2 Å². The molecule has 0 unspecified atom stereocenters. The van der Waals surface area contributed by atoms with Crippen molar-refractivity contribution in [1.82, 2.24) is 0 Å². The maximum atomic E-state index is 13.2. The van der Waals surface area contributed by atoms with E-state index in [0.717, 1.165) is 23.3 Å². The summed E-state index contributed by atoms with van der Waals surface area (Å²) in [5.41, 5.74) is 2.36. The van der Waals surface area contributed by atoms with Gasteiger partial charge >= 0.3 is 5.97 Å². The third kappa shape index (κ3) is 4.92. The van der Waals surface area contributed by atoms with Crippen molar-refractivity contribution < 1.29 is 14.4 Å². The predicted molar refractivity (Wildman–Crippen MR) is 120 cm³/mol. The number of carbonyl (C=O) groups is 2. The highest BCUT2D eigenvalue weighted by Crippen LogP contribution is 2.29. The lowest BCUT2D eigenvalue weighted by Crippen LogP contribution is -2.19. The molecule has 0 bridgehead atoms. The summed E-state index contributed by atoms with van der Waals surface area (Å²) in [5, 5.41) is 6.06. The van der Waals surface area contributed by atoms with Crippen LogP contribution in [-0.2, 0) is 4.84 Å². The first-order valence-corrected chi connectivity index (χ1v) is 11.1. The SMILES string of the molecule is O=C(ON=C(CC1CCCC1)C(=O)c1ccc(-c2cccs2)cc1)c1ccccc1. The third-order valence-corrected chi connectivity index (χ3v) is 6.34. The number of carbonyl (C=O) groups excluding carboxylic acids is 2. The van der Waals surface area contributed by atoms with Crippen LogP contribution >= 0.6 is 11.3 Å². The molecule has 1 heterocycles. The molecule has 0 amide bonds. The number of Topliss-reactive ketones (excluding diaryl/α,β-unsaturated/α-hetero) is 1. The molecule has 0 spiro atoms. The molecular weight excluding hydrogens is 394 g/mol. The van der Waals surface area contributed by atoms with Crippen LogP contribution < -0.4 is 0 Å². The monoisotopic (exact) mass is 417 g/mol. The molecule has 1 aliphatic rings. The lowest BCUT2D eigenvalue weighted by atomic mass is 9.95. The highest BCUT2D eigenvalue weighted by atomic mass is 32.1. The van der Waals surface area contributed by atoms with Crippen LogP contribution in [0.3, 0.4) is 0 Å². The van der Waals surface area contributed by atoms with Crippen LogP contribution in [0.25, 0.3) is 10.4 Å². The molecule has 1 aliphatic carbocycles. The molecule has 2 aromatic carbocycles. The molecule has 0 saturated heterocycles. The molecule has 152 valence electrons. The van der Waals surface area contributed by atoms with Gasteiger partial charge in [0.05, 0.1) is 5.56 Å². The largest absolute Gasteiger partial charge is 0.365 e. The van der Waals surface area contributed by atoms with Crippen LogP contribution in [0.15, 0.2) is 77.3 Å². The van der Waals surface area contributed by atoms with Crippen LogP contribution in [0.5, 0.6) is 0 Å². The summed E-state index contributed by atoms with van der Waals surface area (Å²) >= 11 is 1.66. The number of hydrogen-bond acceptors (Lipinski definition) is 5. The Labute approximate surface area is 180 Å². The van der Waals surface area contributed by atoms with Gasteiger partial charge in [-0.05, 0) is 41.5 Å². The van der Waals surface area contributed by atoms with Crippen LogP contribution in [0.4, 0.5) is 0 Å². The first-order chi connectivity index (χ1) is 14.7. The second-order valence-corrected chi connectivity index (χ2v) is 8.47. The maximum Gasteiger partial charge on any atom is 0.365 e. The maximum absolute atomic E-state index is 13.2. The number of oxime groups is 1. The number of thiophene rings is 1. The summed E-state index contributed by atoms with van der Waals surface area (Å²) in [6.45, 7) is 0. The number of rotatable bonds is 7. The quantitative estimate of drug-likeness (QED) is 0.194. The molecule has 5 heteroatoms. The standard InChI is InChI=1S/C25H23NO3S/c27-24(20-14-12-19(13-15-20)23-11-6-16-30-23)22(17-18-7-4-5-8-18)26-29-25(28)21-9-2-1-3-10-21/h1-3,6,9-16,18H,4-5,7-8,17H2. The fraction of sp³-hybridized carbons (Fsp3) is 0.240. The van der Waals surface area contributed by atoms with E-state index >= 15 is 0 Å². The van der Waals surface area contributed by atoms with Gasteiger partial charge in [-0.1, -0.05) is 79.4 Å². The summed E-state index contributed by atoms with van der Waals surface area (Å²) in [6.07, 6.45) is 5.04. The van der Waals surface area contributed by atoms with Gasteiger partial charge in [0.2, 0.25) is 5.78 Å². The minimum Gasteiger partial charge on any atom is -0.312 e.